The van der Waals surface area contributed by atoms with Gasteiger partial charge in [0.2, 0.25) is 0 Å². The van der Waals surface area contributed by atoms with Gasteiger partial charge in [0.25, 0.3) is 5.91 Å². The van der Waals surface area contributed by atoms with Crippen molar-refractivity contribution in [1.82, 2.24) is 9.88 Å². The molecule has 28 heavy (non-hydrogen) atoms. The minimum absolute atomic E-state index is 0.107. The molecular formula is C22H24N2O4. The summed E-state index contributed by atoms with van der Waals surface area (Å²) in [5, 5.41) is 10.6. The third kappa shape index (κ3) is 3.76. The minimum atomic E-state index is -0.732. The van der Waals surface area contributed by atoms with Gasteiger partial charge in [-0.25, -0.2) is 0 Å². The first-order valence-corrected chi connectivity index (χ1v) is 9.24. The van der Waals surface area contributed by atoms with Gasteiger partial charge >= 0.3 is 0 Å². The monoisotopic (exact) mass is 380 g/mol. The molecule has 1 atom stereocenters. The topological polar surface area (TPSA) is 79.7 Å². The van der Waals surface area contributed by atoms with Crippen LogP contribution in [0, 0.1) is 5.92 Å². The van der Waals surface area contributed by atoms with Crippen LogP contribution in [-0.4, -0.2) is 33.8 Å². The Morgan fingerprint density at radius 1 is 1.21 bits per heavy atom. The highest BCUT2D eigenvalue weighted by Crippen LogP contribution is 2.39. The van der Waals surface area contributed by atoms with E-state index in [9.17, 15) is 14.7 Å². The van der Waals surface area contributed by atoms with Crippen molar-refractivity contribution < 1.29 is 19.4 Å². The molecule has 1 N–H and O–H groups in total. The zero-order chi connectivity index (χ0) is 20.3. The Balaban J connectivity index is 2.04. The number of aliphatic hydroxyl groups excluding tert-OH is 1. The van der Waals surface area contributed by atoms with E-state index in [1.165, 1.54) is 4.90 Å². The van der Waals surface area contributed by atoms with E-state index < -0.39 is 17.7 Å². The van der Waals surface area contributed by atoms with E-state index in [0.29, 0.717) is 11.4 Å². The number of methoxy groups -OCH3 is 1. The Morgan fingerprint density at radius 2 is 1.93 bits per heavy atom. The molecule has 6 nitrogen and oxygen atoms in total. The van der Waals surface area contributed by atoms with Crippen molar-refractivity contribution in [2.45, 2.75) is 32.9 Å². The summed E-state index contributed by atoms with van der Waals surface area (Å²) >= 11 is 0. The van der Waals surface area contributed by atoms with Crippen molar-refractivity contribution >= 4 is 11.7 Å². The van der Waals surface area contributed by atoms with Crippen LogP contribution in [0.4, 0.5) is 0 Å². The Morgan fingerprint density at radius 3 is 2.57 bits per heavy atom. The number of pyridine rings is 1. The number of para-hydroxylation sites is 1. The second kappa shape index (κ2) is 8.25. The molecule has 1 aromatic carbocycles. The third-order valence-corrected chi connectivity index (χ3v) is 4.70. The fourth-order valence-corrected chi connectivity index (χ4v) is 3.44. The molecule has 0 bridgehead atoms. The predicted molar refractivity (Wildman–Crippen MR) is 105 cm³/mol. The lowest BCUT2D eigenvalue weighted by atomic mass is 9.94. The van der Waals surface area contributed by atoms with Gasteiger partial charge in [0.15, 0.2) is 11.5 Å². The fraction of sp³-hybridized carbons (Fsp3) is 0.318. The van der Waals surface area contributed by atoms with E-state index in [-0.39, 0.29) is 30.2 Å². The molecule has 0 aliphatic carbocycles. The summed E-state index contributed by atoms with van der Waals surface area (Å²) in [6, 6.07) is 12.0. The van der Waals surface area contributed by atoms with E-state index in [0.717, 1.165) is 5.56 Å². The van der Waals surface area contributed by atoms with Crippen molar-refractivity contribution in [2.75, 3.05) is 7.11 Å². The molecule has 1 aliphatic heterocycles. The summed E-state index contributed by atoms with van der Waals surface area (Å²) in [5.41, 5.74) is 1.44. The molecule has 3 rings (SSSR count). The Kier molecular flexibility index (Phi) is 5.78. The van der Waals surface area contributed by atoms with Gasteiger partial charge in [0, 0.05) is 18.2 Å². The first-order chi connectivity index (χ1) is 13.4. The van der Waals surface area contributed by atoms with Gasteiger partial charge in [0.05, 0.1) is 24.9 Å². The summed E-state index contributed by atoms with van der Waals surface area (Å²) in [6.45, 7) is 4.04. The minimum Gasteiger partial charge on any atom is -0.503 e. The molecule has 0 saturated heterocycles. The number of ketones is 1. The number of nitrogens with zero attached hydrogens (tertiary/aromatic N) is 2. The van der Waals surface area contributed by atoms with E-state index >= 15 is 0 Å². The maximum atomic E-state index is 12.9. The number of carbonyl (C=O) groups is 2. The van der Waals surface area contributed by atoms with Gasteiger partial charge in [-0.1, -0.05) is 38.1 Å². The third-order valence-electron chi connectivity index (χ3n) is 4.70. The van der Waals surface area contributed by atoms with Crippen LogP contribution in [0.15, 0.2) is 60.0 Å². The number of rotatable bonds is 7. The number of hydrogen-bond acceptors (Lipinski definition) is 5. The lowest BCUT2D eigenvalue weighted by molar-refractivity contribution is -0.130. The smallest absolute Gasteiger partial charge is 0.290 e. The maximum absolute atomic E-state index is 12.9. The van der Waals surface area contributed by atoms with E-state index in [1.54, 1.807) is 31.5 Å². The SMILES string of the molecule is COc1ccccc1CN1C(=O)C(O)=C(C(=O)CC(C)C)C1c1ccccn1. The predicted octanol–water partition coefficient (Wildman–Crippen LogP) is 3.60. The molecule has 146 valence electrons. The highest BCUT2D eigenvalue weighted by molar-refractivity contribution is 6.08. The van der Waals surface area contributed by atoms with Crippen molar-refractivity contribution in [1.29, 1.82) is 0 Å². The molecule has 1 aromatic heterocycles. The molecule has 0 spiro atoms. The first-order valence-electron chi connectivity index (χ1n) is 9.24. The van der Waals surface area contributed by atoms with Gasteiger partial charge in [-0.05, 0) is 24.1 Å². The van der Waals surface area contributed by atoms with Gasteiger partial charge in [-0.3, -0.25) is 14.6 Å². The van der Waals surface area contributed by atoms with Crippen LogP contribution in [0.1, 0.15) is 37.6 Å². The first kappa shape index (κ1) is 19.6. The lowest BCUT2D eigenvalue weighted by Gasteiger charge is -2.27. The zero-order valence-electron chi connectivity index (χ0n) is 16.3. The molecule has 2 aromatic rings. The molecule has 2 heterocycles. The van der Waals surface area contributed by atoms with Gasteiger partial charge in [-0.15, -0.1) is 0 Å². The average Bonchev–Trinajstić information content (AvgIpc) is 2.93. The van der Waals surface area contributed by atoms with Crippen LogP contribution in [-0.2, 0) is 16.1 Å². The molecule has 1 amide bonds. The number of amides is 1. The summed E-state index contributed by atoms with van der Waals surface area (Å²) in [4.78, 5) is 31.6. The summed E-state index contributed by atoms with van der Waals surface area (Å²) < 4.78 is 5.39. The van der Waals surface area contributed by atoms with Crippen molar-refractivity contribution in [3.8, 4) is 5.75 Å². The van der Waals surface area contributed by atoms with Gasteiger partial charge < -0.3 is 14.7 Å². The zero-order valence-corrected chi connectivity index (χ0v) is 16.3. The van der Waals surface area contributed by atoms with Crippen LogP contribution in [0.5, 0.6) is 5.75 Å². The van der Waals surface area contributed by atoms with Crippen molar-refractivity contribution in [3.05, 3.63) is 71.3 Å². The number of ether oxygens (including phenoxy) is 1. The highest BCUT2D eigenvalue weighted by Gasteiger charge is 2.44. The van der Waals surface area contributed by atoms with Gasteiger partial charge in [0.1, 0.15) is 11.8 Å². The average molecular weight is 380 g/mol. The summed E-state index contributed by atoms with van der Waals surface area (Å²) in [6.07, 6.45) is 1.86. The van der Waals surface area contributed by atoms with Crippen LogP contribution in [0.25, 0.3) is 0 Å². The highest BCUT2D eigenvalue weighted by atomic mass is 16.5. The van der Waals surface area contributed by atoms with E-state index in [4.69, 9.17) is 4.74 Å². The summed E-state index contributed by atoms with van der Waals surface area (Å²) in [5.74, 6) is -0.559. The second-order valence-corrected chi connectivity index (χ2v) is 7.19. The molecule has 0 fully saturated rings. The summed E-state index contributed by atoms with van der Waals surface area (Å²) in [7, 11) is 1.56. The van der Waals surface area contributed by atoms with Crippen molar-refractivity contribution in [3.63, 3.8) is 0 Å². The standard InChI is InChI=1S/C22H24N2O4/c1-14(2)12-17(25)19-20(16-9-6-7-11-23-16)24(22(27)21(19)26)13-15-8-4-5-10-18(15)28-3/h4-11,14,20,26H,12-13H2,1-3H3. The number of carbonyl (C=O) groups excluding carboxylic acids is 2. The van der Waals surface area contributed by atoms with Crippen LogP contribution in [0.3, 0.4) is 0 Å². The Bertz CT molecular complexity index is 906. The number of aliphatic hydroxyl groups is 1. The van der Waals surface area contributed by atoms with Crippen molar-refractivity contribution in [2.24, 2.45) is 5.92 Å². The lowest BCUT2D eigenvalue weighted by Crippen LogP contribution is -2.31. The van der Waals surface area contributed by atoms with Crippen LogP contribution >= 0.6 is 0 Å². The fourth-order valence-electron chi connectivity index (χ4n) is 3.44. The molecular weight excluding hydrogens is 356 g/mol. The number of benzene rings is 1. The van der Waals surface area contributed by atoms with Crippen LogP contribution < -0.4 is 4.74 Å². The van der Waals surface area contributed by atoms with Crippen LogP contribution in [0.2, 0.25) is 0 Å². The normalized spacial score (nSPS) is 16.8. The Hall–Kier alpha value is -3.15. The molecule has 0 radical (unpaired) electrons. The van der Waals surface area contributed by atoms with E-state index in [1.807, 2.05) is 38.1 Å². The largest absolute Gasteiger partial charge is 0.503 e. The Labute approximate surface area is 164 Å². The molecule has 6 heteroatoms. The second-order valence-electron chi connectivity index (χ2n) is 7.19. The number of Topliss-reactive ketones (excluding diaryl/α,β-unsaturated/α-hetero) is 1. The number of hydrogen-bond donors (Lipinski definition) is 1. The maximum Gasteiger partial charge on any atom is 0.290 e. The quantitative estimate of drug-likeness (QED) is 0.794. The molecule has 1 unspecified atom stereocenters. The van der Waals surface area contributed by atoms with Gasteiger partial charge in [-0.2, -0.15) is 0 Å². The number of aromatic nitrogens is 1. The molecule has 1 aliphatic rings. The van der Waals surface area contributed by atoms with E-state index in [2.05, 4.69) is 4.98 Å². The molecule has 0 saturated carbocycles.